The van der Waals surface area contributed by atoms with Gasteiger partial charge in [-0.2, -0.15) is 0 Å². The van der Waals surface area contributed by atoms with Crippen molar-refractivity contribution in [3.8, 4) is 16.9 Å². The molecule has 0 saturated heterocycles. The molecule has 0 spiro atoms. The zero-order chi connectivity index (χ0) is 18.5. The lowest BCUT2D eigenvalue weighted by Gasteiger charge is -2.15. The molecule has 0 amide bonds. The van der Waals surface area contributed by atoms with Gasteiger partial charge in [-0.15, -0.1) is 0 Å². The van der Waals surface area contributed by atoms with Crippen LogP contribution in [0.5, 0.6) is 5.75 Å². The van der Waals surface area contributed by atoms with Gasteiger partial charge in [-0.05, 0) is 30.2 Å². The van der Waals surface area contributed by atoms with E-state index in [4.69, 9.17) is 21.1 Å². The standard InChI is InChI=1S/C20H17ClN2O3/c1-13-19(25-2)18(15-8-9-22-17(21)10-15)16(11-23-13)20(24)26-12-14-6-4-3-5-7-14/h3-11H,12H2,1-2H3. The maximum Gasteiger partial charge on any atom is 0.340 e. The zero-order valence-corrected chi connectivity index (χ0v) is 15.2. The first-order valence-electron chi connectivity index (χ1n) is 7.96. The van der Waals surface area contributed by atoms with Gasteiger partial charge in [0.15, 0.2) is 0 Å². The van der Waals surface area contributed by atoms with Gasteiger partial charge >= 0.3 is 5.97 Å². The number of nitrogens with zero attached hydrogens (tertiary/aromatic N) is 2. The molecule has 6 heteroatoms. The number of carbonyl (C=O) groups excluding carboxylic acids is 1. The summed E-state index contributed by atoms with van der Waals surface area (Å²) >= 11 is 6.02. The van der Waals surface area contributed by atoms with Gasteiger partial charge in [-0.3, -0.25) is 4.98 Å². The summed E-state index contributed by atoms with van der Waals surface area (Å²) in [6.07, 6.45) is 3.07. The Balaban J connectivity index is 1.99. The van der Waals surface area contributed by atoms with Crippen molar-refractivity contribution >= 4 is 17.6 Å². The molecule has 0 aliphatic heterocycles. The Hall–Kier alpha value is -2.92. The maximum atomic E-state index is 12.7. The highest BCUT2D eigenvalue weighted by Gasteiger charge is 2.21. The summed E-state index contributed by atoms with van der Waals surface area (Å²) in [5, 5.41) is 0.322. The molecule has 0 atom stereocenters. The summed E-state index contributed by atoms with van der Waals surface area (Å²) in [5.74, 6) is 0.0176. The molecule has 3 aromatic rings. The van der Waals surface area contributed by atoms with Crippen molar-refractivity contribution in [2.45, 2.75) is 13.5 Å². The first-order chi connectivity index (χ1) is 12.6. The molecular formula is C20H17ClN2O3. The predicted molar refractivity (Wildman–Crippen MR) is 99.3 cm³/mol. The number of methoxy groups -OCH3 is 1. The largest absolute Gasteiger partial charge is 0.494 e. The number of ether oxygens (including phenoxy) is 2. The van der Waals surface area contributed by atoms with E-state index in [1.54, 1.807) is 18.3 Å². The number of rotatable bonds is 5. The lowest BCUT2D eigenvalue weighted by Crippen LogP contribution is -2.09. The predicted octanol–water partition coefficient (Wildman–Crippen LogP) is 4.47. The molecule has 0 aliphatic carbocycles. The van der Waals surface area contributed by atoms with Crippen molar-refractivity contribution in [2.75, 3.05) is 7.11 Å². The number of aromatic nitrogens is 2. The molecule has 132 valence electrons. The van der Waals surface area contributed by atoms with Crippen LogP contribution in [0.1, 0.15) is 21.6 Å². The second-order valence-corrected chi connectivity index (χ2v) is 5.98. The fourth-order valence-corrected chi connectivity index (χ4v) is 2.81. The lowest BCUT2D eigenvalue weighted by atomic mass is 10.0. The molecule has 0 radical (unpaired) electrons. The first-order valence-corrected chi connectivity index (χ1v) is 8.34. The third-order valence-electron chi connectivity index (χ3n) is 3.86. The second kappa shape index (κ2) is 7.97. The van der Waals surface area contributed by atoms with E-state index in [1.807, 2.05) is 37.3 Å². The van der Waals surface area contributed by atoms with E-state index < -0.39 is 5.97 Å². The van der Waals surface area contributed by atoms with Gasteiger partial charge in [0.25, 0.3) is 0 Å². The minimum atomic E-state index is -0.484. The Morgan fingerprint density at radius 1 is 1.15 bits per heavy atom. The molecule has 26 heavy (non-hydrogen) atoms. The average molecular weight is 369 g/mol. The van der Waals surface area contributed by atoms with Crippen molar-refractivity contribution in [1.82, 2.24) is 9.97 Å². The van der Waals surface area contributed by atoms with Crippen molar-refractivity contribution in [2.24, 2.45) is 0 Å². The Morgan fingerprint density at radius 2 is 1.92 bits per heavy atom. The van der Waals surface area contributed by atoms with Crippen LogP contribution in [0.25, 0.3) is 11.1 Å². The maximum absolute atomic E-state index is 12.7. The van der Waals surface area contributed by atoms with Gasteiger partial charge in [0.1, 0.15) is 17.5 Å². The molecule has 0 N–H and O–H groups in total. The number of hydrogen-bond acceptors (Lipinski definition) is 5. The van der Waals surface area contributed by atoms with Gasteiger partial charge in [0.05, 0.1) is 18.4 Å². The fraction of sp³-hybridized carbons (Fsp3) is 0.150. The monoisotopic (exact) mass is 368 g/mol. The number of esters is 1. The molecule has 5 nitrogen and oxygen atoms in total. The summed E-state index contributed by atoms with van der Waals surface area (Å²) in [4.78, 5) is 21.0. The number of benzene rings is 1. The molecule has 1 aromatic carbocycles. The normalized spacial score (nSPS) is 10.4. The zero-order valence-electron chi connectivity index (χ0n) is 14.4. The minimum Gasteiger partial charge on any atom is -0.494 e. The highest BCUT2D eigenvalue weighted by atomic mass is 35.5. The van der Waals surface area contributed by atoms with Crippen LogP contribution in [0.15, 0.2) is 54.9 Å². The van der Waals surface area contributed by atoms with Crippen LogP contribution in [0.3, 0.4) is 0 Å². The topological polar surface area (TPSA) is 61.3 Å². The molecule has 0 unspecified atom stereocenters. The van der Waals surface area contributed by atoms with Crippen LogP contribution in [0.2, 0.25) is 5.15 Å². The number of aryl methyl sites for hydroxylation is 1. The van der Waals surface area contributed by atoms with Gasteiger partial charge in [0.2, 0.25) is 0 Å². The lowest BCUT2D eigenvalue weighted by molar-refractivity contribution is 0.0473. The van der Waals surface area contributed by atoms with Crippen LogP contribution in [-0.4, -0.2) is 23.0 Å². The van der Waals surface area contributed by atoms with Crippen molar-refractivity contribution in [3.05, 3.63) is 76.8 Å². The summed E-state index contributed by atoms with van der Waals surface area (Å²) in [6, 6.07) is 12.9. The van der Waals surface area contributed by atoms with Crippen molar-refractivity contribution in [3.63, 3.8) is 0 Å². The van der Waals surface area contributed by atoms with E-state index in [1.165, 1.54) is 13.3 Å². The number of halogens is 1. The average Bonchev–Trinajstić information content (AvgIpc) is 2.66. The van der Waals surface area contributed by atoms with Crippen LogP contribution in [0.4, 0.5) is 0 Å². The highest BCUT2D eigenvalue weighted by molar-refractivity contribution is 6.29. The Morgan fingerprint density at radius 3 is 2.62 bits per heavy atom. The van der Waals surface area contributed by atoms with E-state index in [2.05, 4.69) is 9.97 Å². The molecule has 0 aliphatic rings. The van der Waals surface area contributed by atoms with Gasteiger partial charge in [0, 0.05) is 18.0 Å². The molecule has 0 saturated carbocycles. The Labute approximate surface area is 156 Å². The third-order valence-corrected chi connectivity index (χ3v) is 4.07. The number of hydrogen-bond donors (Lipinski definition) is 0. The smallest absolute Gasteiger partial charge is 0.340 e. The quantitative estimate of drug-likeness (QED) is 0.491. The van der Waals surface area contributed by atoms with Crippen LogP contribution in [-0.2, 0) is 11.3 Å². The van der Waals surface area contributed by atoms with E-state index in [0.29, 0.717) is 33.3 Å². The number of pyridine rings is 2. The summed E-state index contributed by atoms with van der Waals surface area (Å²) in [7, 11) is 1.54. The second-order valence-electron chi connectivity index (χ2n) is 5.59. The van der Waals surface area contributed by atoms with Gasteiger partial charge in [-0.1, -0.05) is 41.9 Å². The summed E-state index contributed by atoms with van der Waals surface area (Å²) in [5.41, 5.74) is 3.17. The van der Waals surface area contributed by atoms with E-state index in [-0.39, 0.29) is 6.61 Å². The SMILES string of the molecule is COc1c(C)ncc(C(=O)OCc2ccccc2)c1-c1ccnc(Cl)c1. The van der Waals surface area contributed by atoms with E-state index in [0.717, 1.165) is 5.56 Å². The molecule has 2 aromatic heterocycles. The third kappa shape index (κ3) is 3.83. The minimum absolute atomic E-state index is 0.173. The molecule has 0 bridgehead atoms. The number of carbonyl (C=O) groups is 1. The van der Waals surface area contributed by atoms with E-state index in [9.17, 15) is 4.79 Å². The highest BCUT2D eigenvalue weighted by Crippen LogP contribution is 2.36. The summed E-state index contributed by atoms with van der Waals surface area (Å²) < 4.78 is 11.0. The molecule has 2 heterocycles. The van der Waals surface area contributed by atoms with Crippen LogP contribution >= 0.6 is 11.6 Å². The molecule has 0 fully saturated rings. The van der Waals surface area contributed by atoms with Crippen molar-refractivity contribution < 1.29 is 14.3 Å². The summed E-state index contributed by atoms with van der Waals surface area (Å²) in [6.45, 7) is 1.98. The van der Waals surface area contributed by atoms with Crippen LogP contribution < -0.4 is 4.74 Å². The Kier molecular flexibility index (Phi) is 5.49. The van der Waals surface area contributed by atoms with Crippen LogP contribution in [0, 0.1) is 6.92 Å². The van der Waals surface area contributed by atoms with Crippen molar-refractivity contribution in [1.29, 1.82) is 0 Å². The molecular weight excluding hydrogens is 352 g/mol. The van der Waals surface area contributed by atoms with Gasteiger partial charge < -0.3 is 9.47 Å². The first kappa shape index (κ1) is 17.9. The molecule has 3 rings (SSSR count). The van der Waals surface area contributed by atoms with E-state index >= 15 is 0 Å². The van der Waals surface area contributed by atoms with Gasteiger partial charge in [-0.25, -0.2) is 9.78 Å². The Bertz CT molecular complexity index is 930. The fourth-order valence-electron chi connectivity index (χ4n) is 2.64.